The summed E-state index contributed by atoms with van der Waals surface area (Å²) in [5.74, 6) is -10.5. The Bertz CT molecular complexity index is 360. The second-order valence-corrected chi connectivity index (χ2v) is 4.70. The molecule has 0 aromatic carbocycles. The highest BCUT2D eigenvalue weighted by molar-refractivity contribution is 14.1. The molecule has 2 nitrogen and oxygen atoms in total. The van der Waals surface area contributed by atoms with Gasteiger partial charge < -0.3 is 5.32 Å². The van der Waals surface area contributed by atoms with Gasteiger partial charge in [0, 0.05) is 28.8 Å². The van der Waals surface area contributed by atoms with Crippen molar-refractivity contribution < 1.29 is 26.3 Å². The van der Waals surface area contributed by atoms with Crippen molar-refractivity contribution in [2.75, 3.05) is 0 Å². The minimum atomic E-state index is -5.50. The zero-order valence-corrected chi connectivity index (χ0v) is 10.5. The molecule has 1 atom stereocenters. The average Bonchev–Trinajstić information content (AvgIpc) is 2.15. The van der Waals surface area contributed by atoms with Crippen molar-refractivity contribution in [2.45, 2.75) is 28.9 Å². The van der Waals surface area contributed by atoms with Crippen molar-refractivity contribution in [3.05, 3.63) is 11.8 Å². The summed E-state index contributed by atoms with van der Waals surface area (Å²) in [5, 5.41) is 1.93. The monoisotopic (exact) mass is 372 g/mol. The molecule has 1 rings (SSSR count). The minimum Gasteiger partial charge on any atom is -0.362 e. The maximum Gasteiger partial charge on any atom is 0.387 e. The summed E-state index contributed by atoms with van der Waals surface area (Å²) in [6.07, 6.45) is 0.543. The Hall–Kier alpha value is -0.480. The zero-order valence-electron chi connectivity index (χ0n) is 8.33. The lowest BCUT2D eigenvalue weighted by molar-refractivity contribution is -0.255. The molecule has 1 heterocycles. The number of aliphatic imine (C=N–C) groups is 1. The molecule has 98 valence electrons. The molecular formula is C8H7F6IN2. The predicted octanol–water partition coefficient (Wildman–Crippen LogP) is 3.19. The highest BCUT2D eigenvalue weighted by atomic mass is 127. The summed E-state index contributed by atoms with van der Waals surface area (Å²) in [4.78, 5) is 3.56. The van der Waals surface area contributed by atoms with E-state index in [0.29, 0.717) is 6.08 Å². The highest BCUT2D eigenvalue weighted by Crippen LogP contribution is 2.51. The first-order valence-electron chi connectivity index (χ1n) is 4.33. The van der Waals surface area contributed by atoms with Gasteiger partial charge in [0.1, 0.15) is 6.17 Å². The van der Waals surface area contributed by atoms with Crippen LogP contribution >= 0.6 is 22.6 Å². The molecule has 0 amide bonds. The first-order chi connectivity index (χ1) is 7.50. The lowest BCUT2D eigenvalue weighted by Crippen LogP contribution is -2.55. The molecule has 0 saturated carbocycles. The van der Waals surface area contributed by atoms with Crippen molar-refractivity contribution in [1.29, 1.82) is 0 Å². The van der Waals surface area contributed by atoms with Crippen LogP contribution in [0.5, 0.6) is 0 Å². The minimum absolute atomic E-state index is 0.00599. The fourth-order valence-electron chi connectivity index (χ4n) is 1.10. The van der Waals surface area contributed by atoms with Crippen molar-refractivity contribution in [3.63, 3.8) is 0 Å². The quantitative estimate of drug-likeness (QED) is 0.460. The fraction of sp³-hybridized carbons (Fsp3) is 0.625. The van der Waals surface area contributed by atoms with E-state index in [9.17, 15) is 26.3 Å². The van der Waals surface area contributed by atoms with E-state index in [1.807, 2.05) is 5.32 Å². The zero-order chi connectivity index (χ0) is 13.5. The van der Waals surface area contributed by atoms with Gasteiger partial charge in [-0.15, -0.1) is 0 Å². The summed E-state index contributed by atoms with van der Waals surface area (Å²) in [6, 6.07) is 0. The van der Waals surface area contributed by atoms with Crippen LogP contribution in [0.4, 0.5) is 26.3 Å². The predicted molar refractivity (Wildman–Crippen MR) is 58.0 cm³/mol. The Morgan fingerprint density at radius 3 is 2.18 bits per heavy atom. The molecule has 0 aromatic rings. The molecule has 1 N–H and O–H groups in total. The van der Waals surface area contributed by atoms with Crippen LogP contribution in [0.1, 0.15) is 6.92 Å². The third-order valence-electron chi connectivity index (χ3n) is 2.00. The molecule has 1 aliphatic heterocycles. The van der Waals surface area contributed by atoms with Gasteiger partial charge in [-0.2, -0.15) is 26.3 Å². The Kier molecular flexibility index (Phi) is 3.71. The molecule has 0 aliphatic carbocycles. The molecule has 1 aliphatic rings. The number of allylic oxidation sites excluding steroid dienone is 2. The van der Waals surface area contributed by atoms with Crippen LogP contribution in [-0.4, -0.2) is 28.2 Å². The number of rotatable bonds is 3. The lowest BCUT2D eigenvalue weighted by atomic mass is 10.1. The number of hydrogen-bond acceptors (Lipinski definition) is 2. The Balaban J connectivity index is 3.11. The number of nitrogens with zero attached hydrogens (tertiary/aromatic N) is 1. The van der Waals surface area contributed by atoms with Crippen LogP contribution in [-0.2, 0) is 0 Å². The first kappa shape index (κ1) is 14.6. The van der Waals surface area contributed by atoms with E-state index < -0.39 is 27.6 Å². The molecule has 0 bridgehead atoms. The normalized spacial score (nSPS) is 22.1. The molecule has 0 saturated heterocycles. The van der Waals surface area contributed by atoms with Gasteiger partial charge in [0.05, 0.1) is 5.70 Å². The third kappa shape index (κ3) is 2.52. The van der Waals surface area contributed by atoms with E-state index in [-0.39, 0.29) is 22.6 Å². The van der Waals surface area contributed by atoms with Crippen LogP contribution in [0.3, 0.4) is 0 Å². The topological polar surface area (TPSA) is 24.4 Å². The Morgan fingerprint density at radius 1 is 1.24 bits per heavy atom. The number of hydrogen-bond donors (Lipinski definition) is 1. The Morgan fingerprint density at radius 2 is 1.76 bits per heavy atom. The van der Waals surface area contributed by atoms with Gasteiger partial charge >= 0.3 is 15.8 Å². The van der Waals surface area contributed by atoms with Gasteiger partial charge in [-0.25, -0.2) is 0 Å². The van der Waals surface area contributed by atoms with Crippen LogP contribution < -0.4 is 5.32 Å². The lowest BCUT2D eigenvalue weighted by Gasteiger charge is -2.33. The van der Waals surface area contributed by atoms with E-state index in [1.165, 1.54) is 6.92 Å². The summed E-state index contributed by atoms with van der Waals surface area (Å²) >= 11 is -0.00599. The molecule has 0 spiro atoms. The van der Waals surface area contributed by atoms with E-state index in [2.05, 4.69) is 4.99 Å². The summed E-state index contributed by atoms with van der Waals surface area (Å²) in [5.41, 5.74) is -1.28. The molecule has 9 heteroatoms. The van der Waals surface area contributed by atoms with E-state index >= 15 is 0 Å². The Labute approximate surface area is 106 Å². The molecule has 17 heavy (non-hydrogen) atoms. The average molecular weight is 372 g/mol. The van der Waals surface area contributed by atoms with Gasteiger partial charge in [0.15, 0.2) is 0 Å². The van der Waals surface area contributed by atoms with Crippen molar-refractivity contribution in [3.8, 4) is 0 Å². The van der Waals surface area contributed by atoms with E-state index in [0.717, 1.165) is 6.21 Å². The van der Waals surface area contributed by atoms with Crippen LogP contribution in [0.15, 0.2) is 16.8 Å². The standard InChI is InChI=1S/C8H7F6IN2/c1-4-16-3-2-5(17-4)6(9,10)7(11,12)8(13,14)15/h2-4,17H,1H3. The van der Waals surface area contributed by atoms with Gasteiger partial charge in [0.2, 0.25) is 0 Å². The summed E-state index contributed by atoms with van der Waals surface area (Å²) in [6.45, 7) is 1.32. The molecule has 0 fully saturated rings. The number of halogens is 7. The largest absolute Gasteiger partial charge is 0.387 e. The second-order valence-electron chi connectivity index (χ2n) is 3.35. The fourth-order valence-corrected chi connectivity index (χ4v) is 1.44. The van der Waals surface area contributed by atoms with E-state index in [4.69, 9.17) is 0 Å². The van der Waals surface area contributed by atoms with Crippen molar-refractivity contribution >= 4 is 28.8 Å². The van der Waals surface area contributed by atoms with Gasteiger partial charge in [-0.3, -0.25) is 4.99 Å². The van der Waals surface area contributed by atoms with Crippen LogP contribution in [0, 0.1) is 0 Å². The molecule has 1 unspecified atom stereocenters. The van der Waals surface area contributed by atoms with Crippen LogP contribution in [0.25, 0.3) is 0 Å². The maximum atomic E-state index is 13.3. The summed E-state index contributed by atoms with van der Waals surface area (Å²) < 4.78 is 72.8. The van der Waals surface area contributed by atoms with E-state index in [1.54, 1.807) is 0 Å². The number of alkyl halides is 7. The van der Waals surface area contributed by atoms with Gasteiger partial charge in [-0.05, 0) is 13.0 Å². The highest BCUT2D eigenvalue weighted by Gasteiger charge is 2.72. The molecule has 0 radical (unpaired) electrons. The smallest absolute Gasteiger partial charge is 0.362 e. The second kappa shape index (κ2) is 4.32. The van der Waals surface area contributed by atoms with Gasteiger partial charge in [-0.1, -0.05) is 0 Å². The number of nitrogens with one attached hydrogen (secondary N) is 1. The van der Waals surface area contributed by atoms with Gasteiger partial charge in [0.25, 0.3) is 0 Å². The summed E-state index contributed by atoms with van der Waals surface area (Å²) in [7, 11) is 0. The van der Waals surface area contributed by atoms with Crippen LogP contribution in [0.2, 0.25) is 0 Å². The van der Waals surface area contributed by atoms with Crippen molar-refractivity contribution in [1.82, 2.24) is 5.32 Å². The third-order valence-corrected chi connectivity index (χ3v) is 2.68. The maximum absolute atomic E-state index is 13.3. The first-order valence-corrected chi connectivity index (χ1v) is 5.41. The molecular weight excluding hydrogens is 365 g/mol. The van der Waals surface area contributed by atoms with Crippen molar-refractivity contribution in [2.24, 2.45) is 4.99 Å². The SMILES string of the molecule is CC1N=CC=C(C(F)(F)C(F)(F)C(F)(F)I)N1. The molecule has 0 aromatic heterocycles.